The second kappa shape index (κ2) is 10.3. The molecule has 1 aliphatic rings. The molecule has 34 heavy (non-hydrogen) atoms. The summed E-state index contributed by atoms with van der Waals surface area (Å²) in [7, 11) is 1.56. The molecule has 1 N–H and O–H groups in total. The molecular formula is C24H19F2N3O4S. The minimum Gasteiger partial charge on any atom is -0.497 e. The van der Waals surface area contributed by atoms with Crippen molar-refractivity contribution in [3.05, 3.63) is 83.8 Å². The monoisotopic (exact) mass is 483 g/mol. The summed E-state index contributed by atoms with van der Waals surface area (Å²) in [5.41, 5.74) is 1.77. The van der Waals surface area contributed by atoms with Crippen LogP contribution in [0.1, 0.15) is 16.1 Å². The average molecular weight is 483 g/mol. The zero-order valence-corrected chi connectivity index (χ0v) is 18.7. The summed E-state index contributed by atoms with van der Waals surface area (Å²) >= 11 is 1.11. The number of amides is 1. The molecule has 0 saturated carbocycles. The lowest BCUT2D eigenvalue weighted by molar-refractivity contribution is -0.113. The topological polar surface area (TPSA) is 84.0 Å². The number of ketones is 1. The van der Waals surface area contributed by atoms with E-state index in [1.807, 2.05) is 0 Å². The van der Waals surface area contributed by atoms with Crippen LogP contribution in [0.15, 0.2) is 77.5 Å². The van der Waals surface area contributed by atoms with Gasteiger partial charge in [0.1, 0.15) is 17.2 Å². The first-order chi connectivity index (χ1) is 16.4. The molecule has 4 rings (SSSR count). The number of carbonyl (C=O) groups excluding carboxylic acids is 2. The van der Waals surface area contributed by atoms with Crippen LogP contribution in [-0.2, 0) is 4.79 Å². The third kappa shape index (κ3) is 5.34. The van der Waals surface area contributed by atoms with Crippen LogP contribution < -0.4 is 14.4 Å². The Hall–Kier alpha value is -3.92. The summed E-state index contributed by atoms with van der Waals surface area (Å²) in [4.78, 5) is 34.3. The largest absolute Gasteiger partial charge is 0.497 e. The third-order valence-electron chi connectivity index (χ3n) is 4.80. The van der Waals surface area contributed by atoms with E-state index in [4.69, 9.17) is 4.74 Å². The van der Waals surface area contributed by atoms with Crippen molar-refractivity contribution in [1.29, 1.82) is 0 Å². The molecule has 0 spiro atoms. The lowest BCUT2D eigenvalue weighted by Crippen LogP contribution is -2.30. The van der Waals surface area contributed by atoms with E-state index < -0.39 is 12.5 Å². The smallest absolute Gasteiger partial charge is 0.387 e. The van der Waals surface area contributed by atoms with E-state index in [1.165, 1.54) is 29.2 Å². The van der Waals surface area contributed by atoms with Gasteiger partial charge in [0.25, 0.3) is 5.91 Å². The molecule has 3 aromatic rings. The fourth-order valence-corrected chi connectivity index (χ4v) is 4.06. The summed E-state index contributed by atoms with van der Waals surface area (Å²) in [6.07, 6.45) is 3.28. The number of carbonyl (C=O) groups is 2. The molecule has 0 fully saturated rings. The van der Waals surface area contributed by atoms with Crippen molar-refractivity contribution < 1.29 is 27.8 Å². The molecule has 0 aliphatic carbocycles. The summed E-state index contributed by atoms with van der Waals surface area (Å²) < 4.78 is 34.5. The number of benzene rings is 2. The van der Waals surface area contributed by atoms with E-state index >= 15 is 0 Å². The van der Waals surface area contributed by atoms with Crippen molar-refractivity contribution in [3.8, 4) is 11.5 Å². The molecule has 1 aromatic heterocycles. The van der Waals surface area contributed by atoms with Gasteiger partial charge in [0, 0.05) is 6.20 Å². The van der Waals surface area contributed by atoms with Gasteiger partial charge in [-0.2, -0.15) is 8.78 Å². The van der Waals surface area contributed by atoms with Gasteiger partial charge in [0.2, 0.25) is 0 Å². The van der Waals surface area contributed by atoms with Crippen molar-refractivity contribution >= 4 is 40.4 Å². The number of amidine groups is 1. The number of aliphatic imine (C=N–C) groups is 1. The van der Waals surface area contributed by atoms with Crippen LogP contribution in [0.2, 0.25) is 0 Å². The number of Topliss-reactive ketones (excluding diaryl/α,β-unsaturated/α-hetero) is 1. The zero-order chi connectivity index (χ0) is 24.1. The number of H-pyrrole nitrogens is 1. The van der Waals surface area contributed by atoms with Gasteiger partial charge >= 0.3 is 6.61 Å². The minimum atomic E-state index is -2.95. The summed E-state index contributed by atoms with van der Waals surface area (Å²) in [5, 5.41) is 0.298. The molecule has 10 heteroatoms. The molecule has 2 aromatic carbocycles. The van der Waals surface area contributed by atoms with Crippen LogP contribution in [-0.4, -0.2) is 41.3 Å². The lowest BCUT2D eigenvalue weighted by atomic mass is 10.2. The summed E-state index contributed by atoms with van der Waals surface area (Å²) in [6, 6.07) is 16.1. The maximum absolute atomic E-state index is 13.2. The van der Waals surface area contributed by atoms with Crippen molar-refractivity contribution in [2.24, 2.45) is 4.99 Å². The van der Waals surface area contributed by atoms with E-state index in [0.717, 1.165) is 17.3 Å². The van der Waals surface area contributed by atoms with Gasteiger partial charge in [0.05, 0.1) is 24.2 Å². The first kappa shape index (κ1) is 23.2. The van der Waals surface area contributed by atoms with Crippen LogP contribution >= 0.6 is 11.8 Å². The Morgan fingerprint density at radius 3 is 2.44 bits per heavy atom. The number of nitrogens with one attached hydrogen (secondary N) is 1. The highest BCUT2D eigenvalue weighted by Crippen LogP contribution is 2.31. The van der Waals surface area contributed by atoms with E-state index in [0.29, 0.717) is 22.3 Å². The standard InChI is InChI=1S/C24H19F2N3O4S/c1-32-17-8-4-15(5-9-17)13-20-22(31)29(16-6-10-18(11-7-16)33-23(25)26)24(28-20)34-14-21(30)19-3-2-12-27-19/h2-13,23,27H,14H2,1H3/b20-13+. The first-order valence-electron chi connectivity index (χ1n) is 10.1. The summed E-state index contributed by atoms with van der Waals surface area (Å²) in [6.45, 7) is -2.95. The van der Waals surface area contributed by atoms with Crippen molar-refractivity contribution in [2.75, 3.05) is 17.8 Å². The van der Waals surface area contributed by atoms with Crippen LogP contribution in [0.3, 0.4) is 0 Å². The number of rotatable bonds is 8. The molecular weight excluding hydrogens is 464 g/mol. The zero-order valence-electron chi connectivity index (χ0n) is 17.9. The number of thioether (sulfide) groups is 1. The Balaban J connectivity index is 1.61. The number of hydrogen-bond donors (Lipinski definition) is 1. The fourth-order valence-electron chi connectivity index (χ4n) is 3.17. The Labute approximate surface area is 198 Å². The normalized spacial score (nSPS) is 14.6. The third-order valence-corrected chi connectivity index (χ3v) is 5.74. The maximum Gasteiger partial charge on any atom is 0.387 e. The molecule has 174 valence electrons. The molecule has 2 heterocycles. The predicted molar refractivity (Wildman–Crippen MR) is 127 cm³/mol. The molecule has 0 unspecified atom stereocenters. The van der Waals surface area contributed by atoms with Crippen molar-refractivity contribution in [1.82, 2.24) is 4.98 Å². The molecule has 0 bridgehead atoms. The van der Waals surface area contributed by atoms with E-state index in [2.05, 4.69) is 14.7 Å². The number of hydrogen-bond acceptors (Lipinski definition) is 6. The maximum atomic E-state index is 13.2. The van der Waals surface area contributed by atoms with Gasteiger partial charge in [-0.25, -0.2) is 4.99 Å². The number of nitrogens with zero attached hydrogens (tertiary/aromatic N) is 2. The van der Waals surface area contributed by atoms with Crippen LogP contribution in [0.5, 0.6) is 11.5 Å². The van der Waals surface area contributed by atoms with Gasteiger partial charge < -0.3 is 14.5 Å². The Kier molecular flexibility index (Phi) is 7.07. The summed E-state index contributed by atoms with van der Waals surface area (Å²) in [5.74, 6) is 0.125. The Morgan fingerprint density at radius 2 is 1.82 bits per heavy atom. The number of alkyl halides is 2. The van der Waals surface area contributed by atoms with Crippen LogP contribution in [0, 0.1) is 0 Å². The van der Waals surface area contributed by atoms with Crippen LogP contribution in [0.25, 0.3) is 6.08 Å². The molecule has 1 aliphatic heterocycles. The predicted octanol–water partition coefficient (Wildman–Crippen LogP) is 4.98. The van der Waals surface area contributed by atoms with E-state index in [9.17, 15) is 18.4 Å². The van der Waals surface area contributed by atoms with Gasteiger partial charge in [-0.3, -0.25) is 14.5 Å². The van der Waals surface area contributed by atoms with E-state index in [1.54, 1.807) is 55.8 Å². The average Bonchev–Trinajstić information content (AvgIpc) is 3.47. The van der Waals surface area contributed by atoms with Crippen molar-refractivity contribution in [3.63, 3.8) is 0 Å². The second-order valence-corrected chi connectivity index (χ2v) is 7.95. The Morgan fingerprint density at radius 1 is 1.12 bits per heavy atom. The van der Waals surface area contributed by atoms with Gasteiger partial charge in [-0.1, -0.05) is 23.9 Å². The number of aromatic nitrogens is 1. The number of methoxy groups -OCH3 is 1. The first-order valence-corrected chi connectivity index (χ1v) is 11.1. The number of anilines is 1. The molecule has 7 nitrogen and oxygen atoms in total. The van der Waals surface area contributed by atoms with Gasteiger partial charge in [-0.15, -0.1) is 0 Å². The lowest BCUT2D eigenvalue weighted by Gasteiger charge is -2.18. The number of halogens is 2. The quantitative estimate of drug-likeness (QED) is 0.361. The molecule has 0 radical (unpaired) electrons. The number of ether oxygens (including phenoxy) is 2. The SMILES string of the molecule is COc1ccc(/C=C2/N=C(SCC(=O)c3ccc[nH]3)N(c3ccc(OC(F)F)cc3)C2=O)cc1. The number of aromatic amines is 1. The minimum absolute atomic E-state index is 0.0348. The highest BCUT2D eigenvalue weighted by molar-refractivity contribution is 8.14. The molecule has 1 amide bonds. The highest BCUT2D eigenvalue weighted by atomic mass is 32.2. The van der Waals surface area contributed by atoms with Gasteiger partial charge in [-0.05, 0) is 60.2 Å². The van der Waals surface area contributed by atoms with Gasteiger partial charge in [0.15, 0.2) is 11.0 Å². The van der Waals surface area contributed by atoms with Crippen LogP contribution in [0.4, 0.5) is 14.5 Å². The fraction of sp³-hybridized carbons (Fsp3) is 0.125. The van der Waals surface area contributed by atoms with E-state index in [-0.39, 0.29) is 23.0 Å². The van der Waals surface area contributed by atoms with Crippen molar-refractivity contribution in [2.45, 2.75) is 6.61 Å². The molecule has 0 saturated heterocycles. The molecule has 0 atom stereocenters. The Bertz CT molecular complexity index is 1220. The highest BCUT2D eigenvalue weighted by Gasteiger charge is 2.32. The second-order valence-electron chi connectivity index (χ2n) is 7.01.